The molecule has 5 nitrogen and oxygen atoms in total. The van der Waals surface area contributed by atoms with Crippen LogP contribution in [0.3, 0.4) is 0 Å². The van der Waals surface area contributed by atoms with Crippen molar-refractivity contribution in [1.82, 2.24) is 4.90 Å². The van der Waals surface area contributed by atoms with Crippen LogP contribution < -0.4 is 9.64 Å². The molecular formula is C23H30FN2O3+. The van der Waals surface area contributed by atoms with Crippen molar-refractivity contribution >= 4 is 5.91 Å². The summed E-state index contributed by atoms with van der Waals surface area (Å²) in [5.74, 6) is 0.513. The van der Waals surface area contributed by atoms with Gasteiger partial charge in [-0.3, -0.25) is 4.79 Å². The second kappa shape index (κ2) is 9.85. The van der Waals surface area contributed by atoms with Crippen LogP contribution in [0, 0.1) is 5.82 Å². The Morgan fingerprint density at radius 1 is 1.14 bits per heavy atom. The van der Waals surface area contributed by atoms with E-state index in [1.54, 1.807) is 13.2 Å². The van der Waals surface area contributed by atoms with Crippen molar-refractivity contribution in [2.45, 2.75) is 33.1 Å². The number of rotatable bonds is 7. The molecule has 1 amide bonds. The van der Waals surface area contributed by atoms with E-state index in [0.29, 0.717) is 37.6 Å². The Hall–Kier alpha value is -2.44. The van der Waals surface area contributed by atoms with Gasteiger partial charge in [0.25, 0.3) is 5.91 Å². The zero-order valence-electron chi connectivity index (χ0n) is 17.4. The Labute approximate surface area is 172 Å². The summed E-state index contributed by atoms with van der Waals surface area (Å²) >= 11 is 0. The molecule has 0 radical (unpaired) electrons. The zero-order valence-corrected chi connectivity index (χ0v) is 17.4. The summed E-state index contributed by atoms with van der Waals surface area (Å²) in [5.41, 5.74) is 2.63. The standard InChI is InChI=1S/C23H29FN2O3/c1-17(2)29-16-18-4-6-19(7-5-18)23(27)26-12-10-25(11-13-26)15-20-14-21(24)8-9-22(20)28-3/h4-9,14,17H,10-13,15-16H2,1-3H3/p+1. The van der Waals surface area contributed by atoms with Crippen LogP contribution in [0.4, 0.5) is 4.39 Å². The van der Waals surface area contributed by atoms with E-state index in [1.807, 2.05) is 43.0 Å². The first-order valence-corrected chi connectivity index (χ1v) is 10.1. The van der Waals surface area contributed by atoms with Gasteiger partial charge in [-0.1, -0.05) is 12.1 Å². The van der Waals surface area contributed by atoms with Gasteiger partial charge >= 0.3 is 0 Å². The quantitative estimate of drug-likeness (QED) is 0.774. The van der Waals surface area contributed by atoms with Crippen LogP contribution in [0.25, 0.3) is 0 Å². The average molecular weight is 402 g/mol. The van der Waals surface area contributed by atoms with Gasteiger partial charge in [-0.05, 0) is 49.7 Å². The molecule has 0 spiro atoms. The highest BCUT2D eigenvalue weighted by Crippen LogP contribution is 2.18. The van der Waals surface area contributed by atoms with Crippen LogP contribution in [0.1, 0.15) is 35.3 Å². The van der Waals surface area contributed by atoms with Crippen LogP contribution in [0.15, 0.2) is 42.5 Å². The van der Waals surface area contributed by atoms with E-state index in [0.717, 1.165) is 24.2 Å². The predicted octanol–water partition coefficient (Wildman–Crippen LogP) is 2.30. The highest BCUT2D eigenvalue weighted by Gasteiger charge is 2.25. The summed E-state index contributed by atoms with van der Waals surface area (Å²) in [6, 6.07) is 12.3. The summed E-state index contributed by atoms with van der Waals surface area (Å²) < 4.78 is 24.5. The Kier molecular flexibility index (Phi) is 7.23. The van der Waals surface area contributed by atoms with Crippen LogP contribution in [-0.2, 0) is 17.9 Å². The maximum Gasteiger partial charge on any atom is 0.254 e. The molecule has 0 saturated carbocycles. The number of hydrogen-bond acceptors (Lipinski definition) is 3. The molecule has 1 fully saturated rings. The van der Waals surface area contributed by atoms with E-state index >= 15 is 0 Å². The lowest BCUT2D eigenvalue weighted by Crippen LogP contribution is -3.13. The first kappa shape index (κ1) is 21.3. The number of benzene rings is 2. The number of methoxy groups -OCH3 is 1. The number of quaternary nitrogens is 1. The predicted molar refractivity (Wildman–Crippen MR) is 110 cm³/mol. The molecule has 1 N–H and O–H groups in total. The van der Waals surface area contributed by atoms with Crippen LogP contribution >= 0.6 is 0 Å². The number of ether oxygens (including phenoxy) is 2. The fourth-order valence-electron chi connectivity index (χ4n) is 3.55. The van der Waals surface area contributed by atoms with Gasteiger partial charge in [0.2, 0.25) is 0 Å². The van der Waals surface area contributed by atoms with Crippen molar-refractivity contribution in [1.29, 1.82) is 0 Å². The highest BCUT2D eigenvalue weighted by atomic mass is 19.1. The minimum Gasteiger partial charge on any atom is -0.496 e. The molecular weight excluding hydrogens is 371 g/mol. The van der Waals surface area contributed by atoms with Gasteiger partial charge in [-0.2, -0.15) is 0 Å². The Morgan fingerprint density at radius 2 is 1.83 bits per heavy atom. The van der Waals surface area contributed by atoms with E-state index in [2.05, 4.69) is 0 Å². The molecule has 29 heavy (non-hydrogen) atoms. The summed E-state index contributed by atoms with van der Waals surface area (Å²) in [7, 11) is 1.60. The molecule has 2 aromatic carbocycles. The van der Waals surface area contributed by atoms with E-state index < -0.39 is 0 Å². The number of carbonyl (C=O) groups excluding carboxylic acids is 1. The molecule has 3 rings (SSSR count). The second-order valence-corrected chi connectivity index (χ2v) is 7.73. The number of piperazine rings is 1. The summed E-state index contributed by atoms with van der Waals surface area (Å²) in [5, 5.41) is 0. The number of nitrogens with one attached hydrogen (secondary N) is 1. The van der Waals surface area contributed by atoms with E-state index in [9.17, 15) is 9.18 Å². The number of nitrogens with zero attached hydrogens (tertiary/aromatic N) is 1. The van der Waals surface area contributed by atoms with Crippen LogP contribution in [0.5, 0.6) is 5.75 Å². The van der Waals surface area contributed by atoms with E-state index in [4.69, 9.17) is 9.47 Å². The fraction of sp³-hybridized carbons (Fsp3) is 0.435. The third kappa shape index (κ3) is 5.78. The molecule has 0 aliphatic carbocycles. The second-order valence-electron chi connectivity index (χ2n) is 7.73. The SMILES string of the molecule is COc1ccc(F)cc1C[NH+]1CCN(C(=O)c2ccc(COC(C)C)cc2)CC1. The van der Waals surface area contributed by atoms with Crippen molar-refractivity contribution in [3.8, 4) is 5.75 Å². The first-order chi connectivity index (χ1) is 14.0. The molecule has 1 aliphatic heterocycles. The summed E-state index contributed by atoms with van der Waals surface area (Å²) in [6.45, 7) is 8.27. The van der Waals surface area contributed by atoms with Gasteiger partial charge in [0, 0.05) is 5.56 Å². The zero-order chi connectivity index (χ0) is 20.8. The molecule has 1 heterocycles. The molecule has 0 aromatic heterocycles. The minimum atomic E-state index is -0.253. The van der Waals surface area contributed by atoms with Crippen molar-refractivity contribution < 1.29 is 23.6 Å². The smallest absolute Gasteiger partial charge is 0.254 e. The lowest BCUT2D eigenvalue weighted by atomic mass is 10.1. The molecule has 0 unspecified atom stereocenters. The number of carbonyl (C=O) groups is 1. The molecule has 6 heteroatoms. The topological polar surface area (TPSA) is 43.2 Å². The Bertz CT molecular complexity index is 815. The molecule has 1 aliphatic rings. The maximum absolute atomic E-state index is 13.6. The molecule has 156 valence electrons. The van der Waals surface area contributed by atoms with Gasteiger partial charge in [0.1, 0.15) is 18.1 Å². The maximum atomic E-state index is 13.6. The van der Waals surface area contributed by atoms with Crippen LogP contribution in [0.2, 0.25) is 0 Å². The summed E-state index contributed by atoms with van der Waals surface area (Å²) in [6.07, 6.45) is 0.183. The van der Waals surface area contributed by atoms with Gasteiger partial charge in [-0.25, -0.2) is 4.39 Å². The van der Waals surface area contributed by atoms with Gasteiger partial charge in [0.05, 0.1) is 51.6 Å². The first-order valence-electron chi connectivity index (χ1n) is 10.1. The molecule has 0 bridgehead atoms. The molecule has 1 saturated heterocycles. The average Bonchev–Trinajstić information content (AvgIpc) is 2.73. The van der Waals surface area contributed by atoms with Crippen molar-refractivity contribution in [3.63, 3.8) is 0 Å². The van der Waals surface area contributed by atoms with Gasteiger partial charge < -0.3 is 19.3 Å². The molecule has 2 aromatic rings. The highest BCUT2D eigenvalue weighted by molar-refractivity contribution is 5.94. The van der Waals surface area contributed by atoms with E-state index in [1.165, 1.54) is 17.0 Å². The molecule has 0 atom stereocenters. The van der Waals surface area contributed by atoms with Crippen molar-refractivity contribution in [3.05, 3.63) is 65.0 Å². The lowest BCUT2D eigenvalue weighted by Gasteiger charge is -2.32. The van der Waals surface area contributed by atoms with Crippen molar-refractivity contribution in [2.24, 2.45) is 0 Å². The van der Waals surface area contributed by atoms with Gasteiger partial charge in [-0.15, -0.1) is 0 Å². The van der Waals surface area contributed by atoms with E-state index in [-0.39, 0.29) is 17.8 Å². The fourth-order valence-corrected chi connectivity index (χ4v) is 3.55. The Balaban J connectivity index is 1.54. The number of halogens is 1. The monoisotopic (exact) mass is 401 g/mol. The summed E-state index contributed by atoms with van der Waals surface area (Å²) in [4.78, 5) is 16.0. The number of hydrogen-bond donors (Lipinski definition) is 1. The van der Waals surface area contributed by atoms with Gasteiger partial charge in [0.15, 0.2) is 0 Å². The minimum absolute atomic E-state index is 0.0590. The van der Waals surface area contributed by atoms with Crippen LogP contribution in [-0.4, -0.2) is 50.2 Å². The Morgan fingerprint density at radius 3 is 2.45 bits per heavy atom. The number of amides is 1. The third-order valence-corrected chi connectivity index (χ3v) is 5.22. The normalized spacial score (nSPS) is 15.0. The van der Waals surface area contributed by atoms with Crippen molar-refractivity contribution in [2.75, 3.05) is 33.3 Å². The third-order valence-electron chi connectivity index (χ3n) is 5.22. The lowest BCUT2D eigenvalue weighted by molar-refractivity contribution is -0.917. The largest absolute Gasteiger partial charge is 0.496 e.